The Hall–Kier alpha value is -5.81. The van der Waals surface area contributed by atoms with E-state index in [1.54, 1.807) is 24.8 Å². The zero-order chi connectivity index (χ0) is 27.9. The van der Waals surface area contributed by atoms with E-state index < -0.39 is 0 Å². The summed E-state index contributed by atoms with van der Waals surface area (Å²) in [5.74, 6) is 1.75. The van der Waals surface area contributed by atoms with Crippen LogP contribution in [0.15, 0.2) is 140 Å². The highest BCUT2D eigenvalue weighted by molar-refractivity contribution is 6.25. The van der Waals surface area contributed by atoms with E-state index in [0.717, 1.165) is 27.8 Å². The van der Waals surface area contributed by atoms with E-state index in [4.69, 9.17) is 15.0 Å². The molecular formula is C37H23N5. The van der Waals surface area contributed by atoms with Gasteiger partial charge in [0.25, 0.3) is 0 Å². The van der Waals surface area contributed by atoms with Crippen molar-refractivity contribution in [3.63, 3.8) is 0 Å². The number of benzene rings is 5. The third-order valence-electron chi connectivity index (χ3n) is 7.70. The second-order valence-electron chi connectivity index (χ2n) is 10.2. The predicted molar refractivity (Wildman–Crippen MR) is 170 cm³/mol. The molecule has 0 saturated heterocycles. The summed E-state index contributed by atoms with van der Waals surface area (Å²) in [6, 6.07) is 40.2. The van der Waals surface area contributed by atoms with E-state index in [-0.39, 0.29) is 0 Å². The Labute approximate surface area is 242 Å². The van der Waals surface area contributed by atoms with E-state index in [1.165, 1.54) is 32.3 Å². The zero-order valence-corrected chi connectivity index (χ0v) is 22.5. The first-order valence-electron chi connectivity index (χ1n) is 13.8. The number of aromatic nitrogens is 5. The van der Waals surface area contributed by atoms with Gasteiger partial charge in [-0.3, -0.25) is 9.97 Å². The highest BCUT2D eigenvalue weighted by Gasteiger charge is 2.13. The van der Waals surface area contributed by atoms with Gasteiger partial charge in [0.2, 0.25) is 0 Å². The van der Waals surface area contributed by atoms with Crippen LogP contribution in [-0.4, -0.2) is 24.9 Å². The van der Waals surface area contributed by atoms with Crippen LogP contribution >= 0.6 is 0 Å². The van der Waals surface area contributed by atoms with Gasteiger partial charge < -0.3 is 0 Å². The van der Waals surface area contributed by atoms with Crippen molar-refractivity contribution in [2.75, 3.05) is 0 Å². The molecule has 0 fully saturated rings. The van der Waals surface area contributed by atoms with Crippen molar-refractivity contribution < 1.29 is 0 Å². The predicted octanol–water partition coefficient (Wildman–Crippen LogP) is 8.79. The number of hydrogen-bond donors (Lipinski definition) is 0. The summed E-state index contributed by atoms with van der Waals surface area (Å²) in [6.45, 7) is 0. The molecule has 0 N–H and O–H groups in total. The maximum atomic E-state index is 4.82. The second kappa shape index (κ2) is 9.98. The van der Waals surface area contributed by atoms with Gasteiger partial charge in [-0.2, -0.15) is 0 Å². The van der Waals surface area contributed by atoms with Gasteiger partial charge in [0, 0.05) is 41.5 Å². The molecule has 0 aliphatic carbocycles. The summed E-state index contributed by atoms with van der Waals surface area (Å²) in [4.78, 5) is 22.9. The van der Waals surface area contributed by atoms with E-state index in [0.29, 0.717) is 17.5 Å². The highest BCUT2D eigenvalue weighted by atomic mass is 15.0. The fourth-order valence-corrected chi connectivity index (χ4v) is 5.65. The molecule has 0 unspecified atom stereocenters. The third-order valence-corrected chi connectivity index (χ3v) is 7.70. The third kappa shape index (κ3) is 4.16. The molecule has 5 aromatic carbocycles. The van der Waals surface area contributed by atoms with Crippen LogP contribution in [0.4, 0.5) is 0 Å². The minimum atomic E-state index is 0.574. The van der Waals surface area contributed by atoms with Crippen LogP contribution in [0.2, 0.25) is 0 Å². The molecule has 0 spiro atoms. The van der Waals surface area contributed by atoms with Gasteiger partial charge in [0.15, 0.2) is 17.5 Å². The molecule has 0 saturated carbocycles. The van der Waals surface area contributed by atoms with Crippen LogP contribution in [0.25, 0.3) is 77.6 Å². The highest BCUT2D eigenvalue weighted by Crippen LogP contribution is 2.37. The maximum absolute atomic E-state index is 4.82. The number of rotatable bonds is 4. The fourth-order valence-electron chi connectivity index (χ4n) is 5.65. The molecule has 196 valence electrons. The first kappa shape index (κ1) is 24.0. The van der Waals surface area contributed by atoms with Gasteiger partial charge in [-0.25, -0.2) is 15.0 Å². The molecule has 3 aromatic heterocycles. The standard InChI is InChI=1S/C37H23N5/c1-2-11-31-29(9-1)30-10-3-4-12-32(30)34-21-26(17-18-33(31)34)24-13-15-25(16-14-24)35-40-36(27-7-5-19-38-22-27)42-37(41-35)28-8-6-20-39-23-28/h1-23H. The molecule has 0 atom stereocenters. The lowest BCUT2D eigenvalue weighted by Gasteiger charge is -2.12. The van der Waals surface area contributed by atoms with Crippen LogP contribution in [0.3, 0.4) is 0 Å². The minimum absolute atomic E-state index is 0.574. The summed E-state index contributed by atoms with van der Waals surface area (Å²) in [5.41, 5.74) is 4.87. The molecular weight excluding hydrogens is 514 g/mol. The first-order valence-corrected chi connectivity index (χ1v) is 13.8. The van der Waals surface area contributed by atoms with Crippen molar-refractivity contribution in [1.82, 2.24) is 24.9 Å². The zero-order valence-electron chi connectivity index (χ0n) is 22.5. The van der Waals surface area contributed by atoms with Gasteiger partial charge in [0.1, 0.15) is 0 Å². The first-order chi connectivity index (χ1) is 20.8. The Morgan fingerprint density at radius 3 is 1.24 bits per heavy atom. The minimum Gasteiger partial charge on any atom is -0.264 e. The summed E-state index contributed by atoms with van der Waals surface area (Å²) < 4.78 is 0. The number of pyridine rings is 2. The lowest BCUT2D eigenvalue weighted by Crippen LogP contribution is -2.00. The Bertz CT molecular complexity index is 2140. The average molecular weight is 538 g/mol. The van der Waals surface area contributed by atoms with E-state index >= 15 is 0 Å². The summed E-state index contributed by atoms with van der Waals surface area (Å²) in [6.07, 6.45) is 7.01. The summed E-state index contributed by atoms with van der Waals surface area (Å²) in [5, 5.41) is 7.62. The molecule has 8 rings (SSSR count). The average Bonchev–Trinajstić information content (AvgIpc) is 3.09. The van der Waals surface area contributed by atoms with Crippen LogP contribution < -0.4 is 0 Å². The lowest BCUT2D eigenvalue weighted by molar-refractivity contribution is 1.07. The molecule has 0 bridgehead atoms. The SMILES string of the molecule is c1cncc(-c2nc(-c3ccc(-c4ccc5c6ccccc6c6ccccc6c5c4)cc3)nc(-c3cccnc3)n2)c1. The topological polar surface area (TPSA) is 64.5 Å². The summed E-state index contributed by atoms with van der Waals surface area (Å²) >= 11 is 0. The van der Waals surface area contributed by atoms with Crippen molar-refractivity contribution in [1.29, 1.82) is 0 Å². The van der Waals surface area contributed by atoms with Gasteiger partial charge in [0.05, 0.1) is 0 Å². The summed E-state index contributed by atoms with van der Waals surface area (Å²) in [7, 11) is 0. The quantitative estimate of drug-likeness (QED) is 0.210. The largest absolute Gasteiger partial charge is 0.264 e. The van der Waals surface area contributed by atoms with E-state index in [9.17, 15) is 0 Å². The van der Waals surface area contributed by atoms with Crippen molar-refractivity contribution >= 4 is 32.3 Å². The molecule has 42 heavy (non-hydrogen) atoms. The Morgan fingerprint density at radius 1 is 0.310 bits per heavy atom. The van der Waals surface area contributed by atoms with Gasteiger partial charge in [-0.1, -0.05) is 84.9 Å². The van der Waals surface area contributed by atoms with Crippen molar-refractivity contribution in [2.45, 2.75) is 0 Å². The second-order valence-corrected chi connectivity index (χ2v) is 10.2. The lowest BCUT2D eigenvalue weighted by atomic mass is 9.92. The maximum Gasteiger partial charge on any atom is 0.165 e. The van der Waals surface area contributed by atoms with Crippen LogP contribution in [0.1, 0.15) is 0 Å². The normalized spacial score (nSPS) is 11.3. The number of nitrogens with zero attached hydrogens (tertiary/aromatic N) is 5. The molecule has 5 heteroatoms. The molecule has 0 aliphatic rings. The fraction of sp³-hybridized carbons (Fsp3) is 0. The van der Waals surface area contributed by atoms with Gasteiger partial charge in [-0.05, 0) is 73.8 Å². The van der Waals surface area contributed by atoms with Crippen molar-refractivity contribution in [2.24, 2.45) is 0 Å². The van der Waals surface area contributed by atoms with Gasteiger partial charge >= 0.3 is 0 Å². The molecule has 8 aromatic rings. The number of hydrogen-bond acceptors (Lipinski definition) is 5. The van der Waals surface area contributed by atoms with Crippen LogP contribution in [-0.2, 0) is 0 Å². The van der Waals surface area contributed by atoms with Crippen LogP contribution in [0, 0.1) is 0 Å². The molecule has 0 aliphatic heterocycles. The molecule has 0 amide bonds. The van der Waals surface area contributed by atoms with Gasteiger partial charge in [-0.15, -0.1) is 0 Å². The Balaban J connectivity index is 1.23. The molecule has 3 heterocycles. The van der Waals surface area contributed by atoms with Crippen molar-refractivity contribution in [3.05, 3.63) is 140 Å². The molecule has 0 radical (unpaired) electrons. The van der Waals surface area contributed by atoms with Crippen LogP contribution in [0.5, 0.6) is 0 Å². The number of fused-ring (bicyclic) bond motifs is 6. The van der Waals surface area contributed by atoms with E-state index in [2.05, 4.69) is 101 Å². The smallest absolute Gasteiger partial charge is 0.165 e. The Morgan fingerprint density at radius 2 is 0.738 bits per heavy atom. The molecule has 5 nitrogen and oxygen atoms in total. The van der Waals surface area contributed by atoms with Crippen molar-refractivity contribution in [3.8, 4) is 45.3 Å². The monoisotopic (exact) mass is 537 g/mol. The Kier molecular flexibility index (Phi) is 5.71. The van der Waals surface area contributed by atoms with E-state index in [1.807, 2.05) is 24.3 Å².